The number of hydrogen-bond donors (Lipinski definition) is 0. The Hall–Kier alpha value is -2.18. The normalized spacial score (nSPS) is 11.0. The summed E-state index contributed by atoms with van der Waals surface area (Å²) in [6.07, 6.45) is 0. The topological polar surface area (TPSA) is 57.0 Å². The minimum atomic E-state index is -0.554. The van der Waals surface area contributed by atoms with Crippen molar-refractivity contribution in [1.29, 1.82) is 0 Å². The van der Waals surface area contributed by atoms with Crippen molar-refractivity contribution in [3.8, 4) is 0 Å². The van der Waals surface area contributed by atoms with Crippen LogP contribution < -0.4 is 0 Å². The molecule has 3 aromatic rings. The van der Waals surface area contributed by atoms with E-state index in [4.69, 9.17) is 23.2 Å². The van der Waals surface area contributed by atoms with Crippen LogP contribution in [0.2, 0.25) is 10.0 Å². The molecule has 0 N–H and O–H groups in total. The van der Waals surface area contributed by atoms with Gasteiger partial charge in [-0.05, 0) is 36.8 Å². The summed E-state index contributed by atoms with van der Waals surface area (Å²) in [6.45, 7) is 2.03. The van der Waals surface area contributed by atoms with Crippen LogP contribution in [-0.4, -0.2) is 27.6 Å². The molecule has 0 amide bonds. The van der Waals surface area contributed by atoms with Crippen LogP contribution in [0, 0.1) is 12.7 Å². The van der Waals surface area contributed by atoms with Gasteiger partial charge < -0.3 is 9.30 Å². The van der Waals surface area contributed by atoms with Crippen molar-refractivity contribution < 1.29 is 13.9 Å². The molecule has 24 heavy (non-hydrogen) atoms. The summed E-state index contributed by atoms with van der Waals surface area (Å²) in [5.74, 6) is -0.440. The fourth-order valence-electron chi connectivity index (χ4n) is 2.38. The largest absolute Gasteiger partial charge is 0.464 e. The van der Waals surface area contributed by atoms with E-state index in [9.17, 15) is 9.18 Å². The number of imidazole rings is 1. The van der Waals surface area contributed by atoms with Gasteiger partial charge in [-0.1, -0.05) is 23.2 Å². The Morgan fingerprint density at radius 3 is 2.71 bits per heavy atom. The zero-order chi connectivity index (χ0) is 17.4. The monoisotopic (exact) mass is 367 g/mol. The van der Waals surface area contributed by atoms with E-state index in [0.29, 0.717) is 27.6 Å². The minimum Gasteiger partial charge on any atom is -0.464 e. The maximum absolute atomic E-state index is 13.7. The molecule has 0 fully saturated rings. The zero-order valence-corrected chi connectivity index (χ0v) is 14.3. The second-order valence-electron chi connectivity index (χ2n) is 5.13. The lowest BCUT2D eigenvalue weighted by Crippen LogP contribution is -2.08. The number of carbonyl (C=O) groups is 1. The molecule has 0 aliphatic rings. The third-order valence-electron chi connectivity index (χ3n) is 3.60. The Balaban J connectivity index is 2.10. The van der Waals surface area contributed by atoms with Crippen LogP contribution in [0.1, 0.15) is 21.9 Å². The highest BCUT2D eigenvalue weighted by molar-refractivity contribution is 6.35. The number of aryl methyl sites for hydroxylation is 1. The zero-order valence-electron chi connectivity index (χ0n) is 12.8. The number of methoxy groups -OCH3 is 1. The van der Waals surface area contributed by atoms with Crippen LogP contribution in [0.5, 0.6) is 0 Å². The lowest BCUT2D eigenvalue weighted by Gasteiger charge is -2.09. The van der Waals surface area contributed by atoms with Gasteiger partial charge >= 0.3 is 5.97 Å². The Bertz CT molecular complexity index is 956. The molecular formula is C16H12Cl2FN3O2. The molecule has 8 heteroatoms. The molecular weight excluding hydrogens is 356 g/mol. The van der Waals surface area contributed by atoms with Gasteiger partial charge in [0.15, 0.2) is 11.3 Å². The highest BCUT2D eigenvalue weighted by Gasteiger charge is 2.15. The molecule has 0 unspecified atom stereocenters. The third-order valence-corrected chi connectivity index (χ3v) is 4.24. The van der Waals surface area contributed by atoms with Gasteiger partial charge in [0, 0.05) is 5.02 Å². The Morgan fingerprint density at radius 1 is 1.25 bits per heavy atom. The van der Waals surface area contributed by atoms with Gasteiger partial charge in [0.05, 0.1) is 18.7 Å². The number of fused-ring (bicyclic) bond motifs is 1. The number of benzene rings is 1. The van der Waals surface area contributed by atoms with Crippen LogP contribution in [0.4, 0.5) is 4.39 Å². The predicted octanol–water partition coefficient (Wildman–Crippen LogP) is 4.02. The molecule has 2 heterocycles. The van der Waals surface area contributed by atoms with Crippen molar-refractivity contribution >= 4 is 40.3 Å². The number of rotatable bonds is 3. The minimum absolute atomic E-state index is 0.0398. The van der Waals surface area contributed by atoms with E-state index in [2.05, 4.69) is 14.7 Å². The third kappa shape index (κ3) is 2.95. The highest BCUT2D eigenvalue weighted by Crippen LogP contribution is 2.26. The number of carbonyl (C=O) groups excluding carboxylic acids is 1. The fourth-order valence-corrected chi connectivity index (χ4v) is 2.82. The van der Waals surface area contributed by atoms with Crippen molar-refractivity contribution in [3.05, 3.63) is 57.2 Å². The average Bonchev–Trinajstić information content (AvgIpc) is 2.86. The SMILES string of the molecule is COC(=O)c1ccc2nc(C)n(Cc3cc(F)c(Cl)cc3Cl)c2n1. The highest BCUT2D eigenvalue weighted by atomic mass is 35.5. The summed E-state index contributed by atoms with van der Waals surface area (Å²) >= 11 is 11.9. The van der Waals surface area contributed by atoms with Crippen LogP contribution in [0.25, 0.3) is 11.2 Å². The fraction of sp³-hybridized carbons (Fsp3) is 0.188. The first kappa shape index (κ1) is 16.7. The Morgan fingerprint density at radius 2 is 2.00 bits per heavy atom. The summed E-state index contributed by atoms with van der Waals surface area (Å²) in [4.78, 5) is 20.4. The van der Waals surface area contributed by atoms with E-state index >= 15 is 0 Å². The lowest BCUT2D eigenvalue weighted by molar-refractivity contribution is 0.0594. The maximum atomic E-state index is 13.7. The van der Waals surface area contributed by atoms with Gasteiger partial charge in [0.25, 0.3) is 0 Å². The Labute approximate surface area is 147 Å². The summed E-state index contributed by atoms with van der Waals surface area (Å²) < 4.78 is 20.2. The molecule has 0 saturated carbocycles. The number of nitrogens with zero attached hydrogens (tertiary/aromatic N) is 3. The van der Waals surface area contributed by atoms with Crippen LogP contribution in [0.15, 0.2) is 24.3 Å². The summed E-state index contributed by atoms with van der Waals surface area (Å²) in [7, 11) is 1.28. The first-order valence-corrected chi connectivity index (χ1v) is 7.72. The number of ether oxygens (including phenoxy) is 1. The molecule has 0 aliphatic carbocycles. The molecule has 0 saturated heterocycles. The average molecular weight is 368 g/mol. The molecule has 124 valence electrons. The Kier molecular flexibility index (Phi) is 4.43. The van der Waals surface area contributed by atoms with E-state index in [0.717, 1.165) is 0 Å². The summed E-state index contributed by atoms with van der Waals surface area (Å²) in [6, 6.07) is 5.86. The second kappa shape index (κ2) is 6.37. The number of aromatic nitrogens is 3. The number of halogens is 3. The number of pyridine rings is 1. The van der Waals surface area contributed by atoms with Gasteiger partial charge in [-0.3, -0.25) is 0 Å². The molecule has 0 atom stereocenters. The predicted molar refractivity (Wildman–Crippen MR) is 89.1 cm³/mol. The molecule has 2 aromatic heterocycles. The maximum Gasteiger partial charge on any atom is 0.356 e. The van der Waals surface area contributed by atoms with E-state index in [1.54, 1.807) is 23.6 Å². The van der Waals surface area contributed by atoms with Crippen molar-refractivity contribution in [3.63, 3.8) is 0 Å². The summed E-state index contributed by atoms with van der Waals surface area (Å²) in [5.41, 5.74) is 1.80. The second-order valence-corrected chi connectivity index (χ2v) is 5.95. The first-order chi connectivity index (χ1) is 11.4. The lowest BCUT2D eigenvalue weighted by atomic mass is 10.2. The van der Waals surface area contributed by atoms with Gasteiger partial charge in [-0.2, -0.15) is 0 Å². The molecule has 0 spiro atoms. The van der Waals surface area contributed by atoms with E-state index in [1.807, 2.05) is 0 Å². The number of esters is 1. The van der Waals surface area contributed by atoms with E-state index < -0.39 is 11.8 Å². The van der Waals surface area contributed by atoms with E-state index in [-0.39, 0.29) is 17.3 Å². The molecule has 0 aliphatic heterocycles. The standard InChI is InChI=1S/C16H12Cl2FN3O2/c1-8-20-13-3-4-14(16(23)24-2)21-15(13)22(8)7-9-5-12(19)11(18)6-10(9)17/h3-6H,7H2,1-2H3. The van der Waals surface area contributed by atoms with Crippen molar-refractivity contribution in [2.45, 2.75) is 13.5 Å². The van der Waals surface area contributed by atoms with Crippen LogP contribution in [-0.2, 0) is 11.3 Å². The van der Waals surface area contributed by atoms with Gasteiger partial charge in [0.1, 0.15) is 17.2 Å². The quantitative estimate of drug-likeness (QED) is 0.518. The molecule has 3 rings (SSSR count). The van der Waals surface area contributed by atoms with Crippen molar-refractivity contribution in [2.24, 2.45) is 0 Å². The summed E-state index contributed by atoms with van der Waals surface area (Å²) in [5, 5.41) is 0.300. The molecule has 5 nitrogen and oxygen atoms in total. The molecule has 0 bridgehead atoms. The van der Waals surface area contributed by atoms with Gasteiger partial charge in [-0.25, -0.2) is 19.2 Å². The van der Waals surface area contributed by atoms with Crippen molar-refractivity contribution in [2.75, 3.05) is 7.11 Å². The first-order valence-electron chi connectivity index (χ1n) is 6.96. The van der Waals surface area contributed by atoms with Crippen LogP contribution in [0.3, 0.4) is 0 Å². The number of hydrogen-bond acceptors (Lipinski definition) is 4. The molecule has 0 radical (unpaired) electrons. The van der Waals surface area contributed by atoms with Gasteiger partial charge in [0.2, 0.25) is 0 Å². The van der Waals surface area contributed by atoms with Crippen LogP contribution >= 0.6 is 23.2 Å². The van der Waals surface area contributed by atoms with Gasteiger partial charge in [-0.15, -0.1) is 0 Å². The van der Waals surface area contributed by atoms with E-state index in [1.165, 1.54) is 19.2 Å². The molecule has 1 aromatic carbocycles. The smallest absolute Gasteiger partial charge is 0.356 e. The van der Waals surface area contributed by atoms with Crippen molar-refractivity contribution in [1.82, 2.24) is 14.5 Å².